The lowest BCUT2D eigenvalue weighted by atomic mass is 10.0. The summed E-state index contributed by atoms with van der Waals surface area (Å²) in [7, 11) is 1.34. The summed E-state index contributed by atoms with van der Waals surface area (Å²) in [5, 5.41) is 5.15. The molecule has 0 bridgehead atoms. The van der Waals surface area contributed by atoms with Gasteiger partial charge in [0, 0.05) is 30.8 Å². The van der Waals surface area contributed by atoms with Crippen molar-refractivity contribution >= 4 is 40.4 Å². The molecule has 0 N–H and O–H groups in total. The average Bonchev–Trinajstić information content (AvgIpc) is 3.26. The van der Waals surface area contributed by atoms with Crippen LogP contribution in [0.3, 0.4) is 0 Å². The Balaban J connectivity index is 1.80. The monoisotopic (exact) mass is 483 g/mol. The smallest absolute Gasteiger partial charge is 0.222 e. The molecule has 0 spiro atoms. The van der Waals surface area contributed by atoms with E-state index in [1.165, 1.54) is 15.9 Å². The van der Waals surface area contributed by atoms with Crippen molar-refractivity contribution in [1.29, 1.82) is 0 Å². The Labute approximate surface area is 191 Å². The minimum absolute atomic E-state index is 0.135. The van der Waals surface area contributed by atoms with E-state index >= 15 is 0 Å². The molecular formula is C26H31BrNOP. The number of hydrogen-bond donors (Lipinski definition) is 0. The van der Waals surface area contributed by atoms with E-state index in [1.807, 2.05) is 11.9 Å². The first-order chi connectivity index (χ1) is 14.6. The maximum atomic E-state index is 12.8. The van der Waals surface area contributed by atoms with E-state index in [0.29, 0.717) is 6.42 Å². The minimum atomic E-state index is -0.628. The molecule has 0 heterocycles. The highest BCUT2D eigenvalue weighted by atomic mass is 79.9. The third-order valence-corrected chi connectivity index (χ3v) is 8.92. The largest absolute Gasteiger partial charge is 0.342 e. The Kier molecular flexibility index (Phi) is 8.90. The molecule has 1 unspecified atom stereocenters. The van der Waals surface area contributed by atoms with Crippen LogP contribution in [-0.4, -0.2) is 29.2 Å². The molecule has 4 heteroatoms. The fraction of sp³-hybridized carbons (Fsp3) is 0.346. The van der Waals surface area contributed by atoms with E-state index in [4.69, 9.17) is 0 Å². The third kappa shape index (κ3) is 5.71. The number of alkyl halides is 1. The highest BCUT2D eigenvalue weighted by Gasteiger charge is 2.32. The van der Waals surface area contributed by atoms with Gasteiger partial charge in [-0.25, -0.2) is 0 Å². The zero-order chi connectivity index (χ0) is 21.3. The zero-order valence-electron chi connectivity index (χ0n) is 17.9. The van der Waals surface area contributed by atoms with E-state index in [9.17, 15) is 4.79 Å². The summed E-state index contributed by atoms with van der Waals surface area (Å²) in [6.45, 7) is 2.19. The van der Waals surface area contributed by atoms with Crippen molar-refractivity contribution in [3.63, 3.8) is 0 Å². The predicted octanol–water partition coefficient (Wildman–Crippen LogP) is 5.99. The summed E-state index contributed by atoms with van der Waals surface area (Å²) >= 11 is 3.46. The molecule has 0 saturated heterocycles. The molecule has 1 amide bonds. The number of carbonyl (C=O) groups excluding carboxylic acids is 1. The lowest BCUT2D eigenvalue weighted by Crippen LogP contribution is -2.40. The van der Waals surface area contributed by atoms with Crippen LogP contribution in [0.15, 0.2) is 84.2 Å². The normalized spacial score (nSPS) is 16.5. The molecule has 2 aromatic rings. The van der Waals surface area contributed by atoms with Gasteiger partial charge in [-0.15, -0.1) is 0 Å². The fourth-order valence-electron chi connectivity index (χ4n) is 3.91. The van der Waals surface area contributed by atoms with Crippen LogP contribution in [0.25, 0.3) is 0 Å². The van der Waals surface area contributed by atoms with Gasteiger partial charge in [-0.2, -0.15) is 0 Å². The number of nitrogens with zero attached hydrogens (tertiary/aromatic N) is 1. The average molecular weight is 484 g/mol. The van der Waals surface area contributed by atoms with E-state index in [1.54, 1.807) is 0 Å². The molecule has 2 nitrogen and oxygen atoms in total. The van der Waals surface area contributed by atoms with Crippen molar-refractivity contribution in [2.75, 3.05) is 12.4 Å². The summed E-state index contributed by atoms with van der Waals surface area (Å²) in [6, 6.07) is 21.7. The predicted molar refractivity (Wildman–Crippen MR) is 134 cm³/mol. The number of unbranched alkanes of at least 4 members (excludes halogenated alkanes) is 2. The summed E-state index contributed by atoms with van der Waals surface area (Å²) in [4.78, 5) is 14.8. The number of hydrogen-bond acceptors (Lipinski definition) is 1. The van der Waals surface area contributed by atoms with E-state index in [2.05, 4.69) is 102 Å². The van der Waals surface area contributed by atoms with E-state index in [-0.39, 0.29) is 17.9 Å². The van der Waals surface area contributed by atoms with Crippen LogP contribution in [0.1, 0.15) is 32.6 Å². The molecule has 0 radical (unpaired) electrons. The molecule has 3 rings (SSSR count). The van der Waals surface area contributed by atoms with Crippen LogP contribution >= 0.6 is 23.9 Å². The van der Waals surface area contributed by atoms with Crippen LogP contribution in [-0.2, 0) is 4.79 Å². The number of benzene rings is 2. The summed E-state index contributed by atoms with van der Waals surface area (Å²) < 4.78 is 0. The van der Waals surface area contributed by atoms with Gasteiger partial charge in [0.1, 0.15) is 0 Å². The minimum Gasteiger partial charge on any atom is -0.342 e. The van der Waals surface area contributed by atoms with Crippen molar-refractivity contribution in [1.82, 2.24) is 4.90 Å². The van der Waals surface area contributed by atoms with Crippen molar-refractivity contribution in [2.45, 2.75) is 38.6 Å². The quantitative estimate of drug-likeness (QED) is 0.231. The molecule has 0 fully saturated rings. The molecule has 1 aliphatic carbocycles. The first-order valence-corrected chi connectivity index (χ1v) is 13.2. The number of rotatable bonds is 10. The highest BCUT2D eigenvalue weighted by molar-refractivity contribution is 9.09. The standard InChI is InChI=1S/C26H31BrNOP/c1-21(28(2)26(29)19-10-5-11-20-27)24-17-12-18-25(24)30(22-13-6-3-7-14-22)23-15-8-4-9-16-23/h3-4,6-9,12-18,21,24H,5,10-11,19-20H2,1-2H3/t21-,24?/m1/s1. The Morgan fingerprint density at radius 2 is 1.60 bits per heavy atom. The Hall–Kier alpha value is -1.70. The maximum absolute atomic E-state index is 12.8. The molecule has 158 valence electrons. The molecule has 2 atom stereocenters. The molecule has 0 saturated carbocycles. The van der Waals surface area contributed by atoms with Gasteiger partial charge in [0.05, 0.1) is 0 Å². The van der Waals surface area contributed by atoms with Crippen LogP contribution < -0.4 is 10.6 Å². The molecule has 0 aliphatic heterocycles. The van der Waals surface area contributed by atoms with Crippen molar-refractivity contribution < 1.29 is 4.79 Å². The molecular weight excluding hydrogens is 453 g/mol. The van der Waals surface area contributed by atoms with Crippen molar-refractivity contribution in [3.05, 3.63) is 84.2 Å². The van der Waals surface area contributed by atoms with Crippen LogP contribution in [0, 0.1) is 5.92 Å². The van der Waals surface area contributed by atoms with Crippen LogP contribution in [0.5, 0.6) is 0 Å². The van der Waals surface area contributed by atoms with Gasteiger partial charge in [0.25, 0.3) is 0 Å². The zero-order valence-corrected chi connectivity index (χ0v) is 20.4. The summed E-state index contributed by atoms with van der Waals surface area (Å²) in [6.07, 6.45) is 10.5. The Bertz CT molecular complexity index is 826. The van der Waals surface area contributed by atoms with Gasteiger partial charge in [-0.1, -0.05) is 101 Å². The van der Waals surface area contributed by atoms with E-state index < -0.39 is 7.92 Å². The topological polar surface area (TPSA) is 20.3 Å². The Morgan fingerprint density at radius 1 is 1.00 bits per heavy atom. The lowest BCUT2D eigenvalue weighted by Gasteiger charge is -2.34. The highest BCUT2D eigenvalue weighted by Crippen LogP contribution is 2.50. The maximum Gasteiger partial charge on any atom is 0.222 e. The second-order valence-electron chi connectivity index (χ2n) is 7.75. The first kappa shape index (κ1) is 23.0. The molecule has 0 aromatic heterocycles. The first-order valence-electron chi connectivity index (χ1n) is 10.7. The number of halogens is 1. The summed E-state index contributed by atoms with van der Waals surface area (Å²) in [5.74, 6) is 0.494. The van der Waals surface area contributed by atoms with Gasteiger partial charge >= 0.3 is 0 Å². The second kappa shape index (κ2) is 11.6. The molecule has 1 aliphatic rings. The lowest BCUT2D eigenvalue weighted by molar-refractivity contribution is -0.132. The van der Waals surface area contributed by atoms with Gasteiger partial charge < -0.3 is 4.90 Å². The van der Waals surface area contributed by atoms with Gasteiger partial charge in [0.2, 0.25) is 5.91 Å². The number of amides is 1. The second-order valence-corrected chi connectivity index (χ2v) is 10.8. The number of allylic oxidation sites excluding steroid dienone is 2. The van der Waals surface area contributed by atoms with E-state index in [0.717, 1.165) is 24.6 Å². The molecule has 30 heavy (non-hydrogen) atoms. The Morgan fingerprint density at radius 3 is 2.17 bits per heavy atom. The van der Waals surface area contributed by atoms with Crippen molar-refractivity contribution in [3.8, 4) is 0 Å². The van der Waals surface area contributed by atoms with Gasteiger partial charge in [0.15, 0.2) is 0 Å². The SMILES string of the molecule is C[C@H](C1C=CC=C1P(c1ccccc1)c1ccccc1)N(C)C(=O)CCCCCBr. The summed E-state index contributed by atoms with van der Waals surface area (Å²) in [5.41, 5.74) is 0. The van der Waals surface area contributed by atoms with Crippen LogP contribution in [0.2, 0.25) is 0 Å². The van der Waals surface area contributed by atoms with Gasteiger partial charge in [-0.05, 0) is 43.6 Å². The fourth-order valence-corrected chi connectivity index (χ4v) is 6.97. The third-order valence-electron chi connectivity index (χ3n) is 5.76. The molecule has 2 aromatic carbocycles. The van der Waals surface area contributed by atoms with Crippen molar-refractivity contribution in [2.24, 2.45) is 5.92 Å². The van der Waals surface area contributed by atoms with Gasteiger partial charge in [-0.3, -0.25) is 4.79 Å². The van der Waals surface area contributed by atoms with Crippen LogP contribution in [0.4, 0.5) is 0 Å². The number of carbonyl (C=O) groups is 1.